The molecule has 0 aliphatic carbocycles. The molecule has 2 heterocycles. The molecular weight excluding hydrogens is 392 g/mol. The van der Waals surface area contributed by atoms with Crippen LogP contribution in [0.3, 0.4) is 0 Å². The number of para-hydroxylation sites is 1. The van der Waals surface area contributed by atoms with E-state index in [4.69, 9.17) is 16.3 Å². The quantitative estimate of drug-likeness (QED) is 0.616. The average Bonchev–Trinajstić information content (AvgIpc) is 3.26. The van der Waals surface area contributed by atoms with Gasteiger partial charge >= 0.3 is 6.03 Å². The van der Waals surface area contributed by atoms with Gasteiger partial charge in [-0.25, -0.2) is 4.79 Å². The molecule has 4 rings (SSSR count). The summed E-state index contributed by atoms with van der Waals surface area (Å²) >= 11 is 7.62. The van der Waals surface area contributed by atoms with Gasteiger partial charge in [0.05, 0.1) is 12.6 Å². The molecule has 0 bridgehead atoms. The Morgan fingerprint density at radius 1 is 1.14 bits per heavy atom. The van der Waals surface area contributed by atoms with Crippen LogP contribution in [0.4, 0.5) is 4.79 Å². The van der Waals surface area contributed by atoms with Crippen molar-refractivity contribution in [2.45, 2.75) is 12.5 Å². The van der Waals surface area contributed by atoms with E-state index in [1.54, 1.807) is 11.3 Å². The molecule has 2 N–H and O–H groups in total. The van der Waals surface area contributed by atoms with Crippen molar-refractivity contribution in [3.8, 4) is 5.75 Å². The number of rotatable bonds is 5. The van der Waals surface area contributed by atoms with E-state index >= 15 is 0 Å². The van der Waals surface area contributed by atoms with E-state index in [1.807, 2.05) is 59.3 Å². The summed E-state index contributed by atoms with van der Waals surface area (Å²) in [6.45, 7) is 1.18. The maximum atomic E-state index is 12.6. The zero-order chi connectivity index (χ0) is 19.3. The number of thiophene rings is 1. The second-order valence-electron chi connectivity index (χ2n) is 6.88. The average molecular weight is 413 g/mol. The van der Waals surface area contributed by atoms with Crippen LogP contribution in [0, 0.1) is 5.92 Å². The van der Waals surface area contributed by atoms with E-state index in [9.17, 15) is 4.79 Å². The summed E-state index contributed by atoms with van der Waals surface area (Å²) < 4.78 is 5.81. The standard InChI is InChI=1S/C22H21ClN2O2S/c23-19-7-5-16(6-8-19)21(18-9-10-28-14-18)25-22(26)24-12-15-11-17-3-1-2-4-20(17)27-13-15/h1-10,14-15,21H,11-13H2,(H2,24,25,26). The highest BCUT2D eigenvalue weighted by Crippen LogP contribution is 2.27. The van der Waals surface area contributed by atoms with Gasteiger partial charge < -0.3 is 15.4 Å². The van der Waals surface area contributed by atoms with Gasteiger partial charge in [0.2, 0.25) is 0 Å². The number of fused-ring (bicyclic) bond motifs is 1. The zero-order valence-electron chi connectivity index (χ0n) is 15.2. The predicted molar refractivity (Wildman–Crippen MR) is 113 cm³/mol. The van der Waals surface area contributed by atoms with E-state index in [0.717, 1.165) is 23.3 Å². The van der Waals surface area contributed by atoms with Gasteiger partial charge in [-0.3, -0.25) is 0 Å². The Balaban J connectivity index is 1.38. The monoisotopic (exact) mass is 412 g/mol. The van der Waals surface area contributed by atoms with Crippen molar-refractivity contribution in [2.75, 3.05) is 13.2 Å². The minimum atomic E-state index is -0.216. The van der Waals surface area contributed by atoms with Gasteiger partial charge in [0, 0.05) is 17.5 Å². The Morgan fingerprint density at radius 3 is 2.75 bits per heavy atom. The summed E-state index contributed by atoms with van der Waals surface area (Å²) in [5.74, 6) is 1.21. The number of halogens is 1. The van der Waals surface area contributed by atoms with Crippen molar-refractivity contribution in [2.24, 2.45) is 5.92 Å². The highest BCUT2D eigenvalue weighted by molar-refractivity contribution is 7.08. The molecule has 2 atom stereocenters. The maximum absolute atomic E-state index is 12.6. The van der Waals surface area contributed by atoms with Gasteiger partial charge in [-0.1, -0.05) is 41.9 Å². The first-order chi connectivity index (χ1) is 13.7. The van der Waals surface area contributed by atoms with Gasteiger partial charge in [0.25, 0.3) is 0 Å². The van der Waals surface area contributed by atoms with Gasteiger partial charge in [-0.15, -0.1) is 0 Å². The van der Waals surface area contributed by atoms with Gasteiger partial charge in [0.15, 0.2) is 0 Å². The fourth-order valence-electron chi connectivity index (χ4n) is 3.39. The highest BCUT2D eigenvalue weighted by Gasteiger charge is 2.21. The van der Waals surface area contributed by atoms with E-state index in [0.29, 0.717) is 18.2 Å². The number of ether oxygens (including phenoxy) is 1. The summed E-state index contributed by atoms with van der Waals surface area (Å²) in [5.41, 5.74) is 3.24. The fourth-order valence-corrected chi connectivity index (χ4v) is 4.21. The number of hydrogen-bond donors (Lipinski definition) is 2. The minimum Gasteiger partial charge on any atom is -0.493 e. The van der Waals surface area contributed by atoms with Crippen LogP contribution in [-0.4, -0.2) is 19.2 Å². The normalized spacial score (nSPS) is 16.5. The lowest BCUT2D eigenvalue weighted by Crippen LogP contribution is -2.42. The molecule has 0 saturated heterocycles. The number of carbonyl (C=O) groups is 1. The van der Waals surface area contributed by atoms with E-state index in [1.165, 1.54) is 5.56 Å². The molecule has 2 aromatic carbocycles. The molecule has 1 aromatic heterocycles. The molecule has 1 aliphatic rings. The maximum Gasteiger partial charge on any atom is 0.315 e. The highest BCUT2D eigenvalue weighted by atomic mass is 35.5. The third-order valence-electron chi connectivity index (χ3n) is 4.86. The summed E-state index contributed by atoms with van der Waals surface area (Å²) in [5, 5.41) is 10.8. The summed E-state index contributed by atoms with van der Waals surface area (Å²) in [6.07, 6.45) is 0.904. The van der Waals surface area contributed by atoms with Crippen LogP contribution in [0.15, 0.2) is 65.4 Å². The summed E-state index contributed by atoms with van der Waals surface area (Å²) in [6, 6.07) is 17.2. The van der Waals surface area contributed by atoms with Gasteiger partial charge in [-0.2, -0.15) is 11.3 Å². The van der Waals surface area contributed by atoms with Crippen LogP contribution >= 0.6 is 22.9 Å². The molecule has 6 heteroatoms. The van der Waals surface area contributed by atoms with Crippen molar-refractivity contribution >= 4 is 29.0 Å². The Kier molecular flexibility index (Phi) is 5.84. The van der Waals surface area contributed by atoms with E-state index < -0.39 is 0 Å². The number of carbonyl (C=O) groups excluding carboxylic acids is 1. The van der Waals surface area contributed by atoms with Crippen molar-refractivity contribution < 1.29 is 9.53 Å². The van der Waals surface area contributed by atoms with Crippen molar-refractivity contribution in [1.82, 2.24) is 10.6 Å². The molecule has 2 amide bonds. The second kappa shape index (κ2) is 8.67. The zero-order valence-corrected chi connectivity index (χ0v) is 16.8. The number of urea groups is 1. The van der Waals surface area contributed by atoms with Crippen LogP contribution in [0.2, 0.25) is 5.02 Å². The Labute approximate surface area is 173 Å². The third-order valence-corrected chi connectivity index (χ3v) is 5.82. The number of hydrogen-bond acceptors (Lipinski definition) is 3. The molecule has 0 fully saturated rings. The van der Waals surface area contributed by atoms with Crippen molar-refractivity contribution in [1.29, 1.82) is 0 Å². The van der Waals surface area contributed by atoms with Crippen LogP contribution in [0.5, 0.6) is 5.75 Å². The molecule has 1 aliphatic heterocycles. The first-order valence-electron chi connectivity index (χ1n) is 9.21. The summed E-state index contributed by atoms with van der Waals surface area (Å²) in [4.78, 5) is 12.6. The SMILES string of the molecule is O=C(NCC1COc2ccccc2C1)NC(c1ccc(Cl)cc1)c1ccsc1. The van der Waals surface area contributed by atoms with E-state index in [2.05, 4.69) is 16.7 Å². The van der Waals surface area contributed by atoms with Crippen molar-refractivity contribution in [3.63, 3.8) is 0 Å². The molecule has 2 unspecified atom stereocenters. The molecule has 28 heavy (non-hydrogen) atoms. The second-order valence-corrected chi connectivity index (χ2v) is 8.10. The predicted octanol–water partition coefficient (Wildman–Crippen LogP) is 5.04. The van der Waals surface area contributed by atoms with E-state index in [-0.39, 0.29) is 18.0 Å². The topological polar surface area (TPSA) is 50.4 Å². The number of nitrogens with one attached hydrogen (secondary N) is 2. The van der Waals surface area contributed by atoms with Crippen LogP contribution < -0.4 is 15.4 Å². The van der Waals surface area contributed by atoms with Crippen molar-refractivity contribution in [3.05, 3.63) is 87.1 Å². The Bertz CT molecular complexity index is 928. The first-order valence-corrected chi connectivity index (χ1v) is 10.5. The molecule has 0 radical (unpaired) electrons. The molecule has 0 saturated carbocycles. The lowest BCUT2D eigenvalue weighted by atomic mass is 9.97. The Morgan fingerprint density at radius 2 is 1.96 bits per heavy atom. The third kappa shape index (κ3) is 4.49. The Hall–Kier alpha value is -2.50. The lowest BCUT2D eigenvalue weighted by Gasteiger charge is -2.26. The minimum absolute atomic E-state index is 0.190. The molecule has 3 aromatic rings. The largest absolute Gasteiger partial charge is 0.493 e. The molecule has 0 spiro atoms. The first kappa shape index (κ1) is 18.8. The number of amides is 2. The molecule has 4 nitrogen and oxygen atoms in total. The van der Waals surface area contributed by atoms with Gasteiger partial charge in [-0.05, 0) is 58.1 Å². The summed E-state index contributed by atoms with van der Waals surface area (Å²) in [7, 11) is 0. The smallest absolute Gasteiger partial charge is 0.315 e. The molecular formula is C22H21ClN2O2S. The van der Waals surface area contributed by atoms with Crippen LogP contribution in [0.1, 0.15) is 22.7 Å². The molecule has 144 valence electrons. The number of benzene rings is 2. The fraction of sp³-hybridized carbons (Fsp3) is 0.227. The lowest BCUT2D eigenvalue weighted by molar-refractivity contribution is 0.210. The van der Waals surface area contributed by atoms with Crippen LogP contribution in [0.25, 0.3) is 0 Å². The van der Waals surface area contributed by atoms with Crippen LogP contribution in [-0.2, 0) is 6.42 Å². The van der Waals surface area contributed by atoms with Gasteiger partial charge in [0.1, 0.15) is 5.75 Å².